The Kier molecular flexibility index (Phi) is 6.22. The maximum atomic E-state index is 13.6. The normalized spacial score (nSPS) is 14.8. The average molecular weight is 489 g/mol. The average Bonchev–Trinajstić information content (AvgIpc) is 3.40. The molecule has 0 radical (unpaired) electrons. The maximum absolute atomic E-state index is 13.6. The van der Waals surface area contributed by atoms with Crippen molar-refractivity contribution in [3.63, 3.8) is 0 Å². The van der Waals surface area contributed by atoms with Crippen molar-refractivity contribution in [2.45, 2.75) is 32.5 Å². The number of ether oxygens (including phenoxy) is 1. The SMILES string of the molecule is Cc1cn(CCC(=O)N2Cc3ccccc3C2c2cc(Cl)ccc2OCC(=O)O)c2ccccc12. The van der Waals surface area contributed by atoms with Gasteiger partial charge in [-0.1, -0.05) is 54.1 Å². The number of rotatable bonds is 7. The predicted octanol–water partition coefficient (Wildman–Crippen LogP) is 5.59. The van der Waals surface area contributed by atoms with Crippen LogP contribution in [0, 0.1) is 6.92 Å². The first-order valence-electron chi connectivity index (χ1n) is 11.5. The molecule has 6 nitrogen and oxygen atoms in total. The molecule has 3 aromatic carbocycles. The number of nitrogens with zero attached hydrogens (tertiary/aromatic N) is 2. The highest BCUT2D eigenvalue weighted by Crippen LogP contribution is 2.43. The molecule has 1 aliphatic rings. The molecule has 0 aliphatic carbocycles. The molecule has 1 N–H and O–H groups in total. The van der Waals surface area contributed by atoms with Crippen molar-refractivity contribution in [1.82, 2.24) is 9.47 Å². The summed E-state index contributed by atoms with van der Waals surface area (Å²) in [6, 6.07) is 20.8. The summed E-state index contributed by atoms with van der Waals surface area (Å²) in [5.41, 5.74) is 5.01. The van der Waals surface area contributed by atoms with Gasteiger partial charge in [-0.3, -0.25) is 4.79 Å². The third-order valence-electron chi connectivity index (χ3n) is 6.49. The Labute approximate surface area is 208 Å². The molecule has 35 heavy (non-hydrogen) atoms. The second-order valence-corrected chi connectivity index (χ2v) is 9.20. The molecule has 1 atom stereocenters. The fourth-order valence-electron chi connectivity index (χ4n) is 4.93. The van der Waals surface area contributed by atoms with Crippen LogP contribution in [0.2, 0.25) is 5.02 Å². The maximum Gasteiger partial charge on any atom is 0.341 e. The summed E-state index contributed by atoms with van der Waals surface area (Å²) in [5, 5.41) is 10.8. The van der Waals surface area contributed by atoms with Gasteiger partial charge in [0.1, 0.15) is 5.75 Å². The largest absolute Gasteiger partial charge is 0.482 e. The van der Waals surface area contributed by atoms with Crippen LogP contribution in [-0.4, -0.2) is 33.1 Å². The molecular weight excluding hydrogens is 464 g/mol. The van der Waals surface area contributed by atoms with Crippen LogP contribution < -0.4 is 4.74 Å². The first-order chi connectivity index (χ1) is 16.9. The van der Waals surface area contributed by atoms with Crippen LogP contribution in [0.25, 0.3) is 10.9 Å². The predicted molar refractivity (Wildman–Crippen MR) is 135 cm³/mol. The van der Waals surface area contributed by atoms with E-state index in [-0.39, 0.29) is 5.91 Å². The van der Waals surface area contributed by atoms with Crippen molar-refractivity contribution in [3.05, 3.63) is 100 Å². The van der Waals surface area contributed by atoms with Crippen LogP contribution in [0.4, 0.5) is 0 Å². The molecule has 0 saturated heterocycles. The van der Waals surface area contributed by atoms with Gasteiger partial charge in [-0.15, -0.1) is 0 Å². The Morgan fingerprint density at radius 1 is 1.06 bits per heavy atom. The van der Waals surface area contributed by atoms with Gasteiger partial charge in [-0.05, 0) is 47.9 Å². The lowest BCUT2D eigenvalue weighted by Gasteiger charge is -2.27. The molecule has 1 unspecified atom stereocenters. The number of halogens is 1. The number of carbonyl (C=O) groups is 2. The number of aryl methyl sites for hydroxylation is 2. The lowest BCUT2D eigenvalue weighted by molar-refractivity contribution is -0.139. The van der Waals surface area contributed by atoms with E-state index < -0.39 is 18.6 Å². The number of hydrogen-bond donors (Lipinski definition) is 1. The summed E-state index contributed by atoms with van der Waals surface area (Å²) >= 11 is 6.33. The zero-order valence-corrected chi connectivity index (χ0v) is 20.0. The summed E-state index contributed by atoms with van der Waals surface area (Å²) in [4.78, 5) is 26.6. The van der Waals surface area contributed by atoms with Crippen molar-refractivity contribution in [2.75, 3.05) is 6.61 Å². The molecule has 7 heteroatoms. The summed E-state index contributed by atoms with van der Waals surface area (Å²) in [6.07, 6.45) is 2.41. The summed E-state index contributed by atoms with van der Waals surface area (Å²) in [6.45, 7) is 2.63. The zero-order chi connectivity index (χ0) is 24.5. The van der Waals surface area contributed by atoms with E-state index in [1.54, 1.807) is 18.2 Å². The summed E-state index contributed by atoms with van der Waals surface area (Å²) < 4.78 is 7.72. The Morgan fingerprint density at radius 3 is 2.66 bits per heavy atom. The number of para-hydroxylation sites is 1. The lowest BCUT2D eigenvalue weighted by atomic mass is 9.97. The molecule has 1 aromatic heterocycles. The van der Waals surface area contributed by atoms with Crippen LogP contribution in [0.3, 0.4) is 0 Å². The van der Waals surface area contributed by atoms with Crippen molar-refractivity contribution >= 4 is 34.4 Å². The monoisotopic (exact) mass is 488 g/mol. The Bertz CT molecular complexity index is 1430. The highest BCUT2D eigenvalue weighted by Gasteiger charge is 2.36. The Balaban J connectivity index is 1.46. The second kappa shape index (κ2) is 9.47. The van der Waals surface area contributed by atoms with Gasteiger partial charge in [0.15, 0.2) is 6.61 Å². The molecule has 0 saturated carbocycles. The van der Waals surface area contributed by atoms with Crippen molar-refractivity contribution in [2.24, 2.45) is 0 Å². The molecule has 178 valence electrons. The highest BCUT2D eigenvalue weighted by molar-refractivity contribution is 6.30. The van der Waals surface area contributed by atoms with E-state index in [0.717, 1.165) is 16.6 Å². The lowest BCUT2D eigenvalue weighted by Crippen LogP contribution is -2.31. The van der Waals surface area contributed by atoms with Crippen LogP contribution in [-0.2, 0) is 22.7 Å². The molecule has 0 spiro atoms. The fourth-order valence-corrected chi connectivity index (χ4v) is 5.11. The van der Waals surface area contributed by atoms with Crippen LogP contribution in [0.1, 0.15) is 34.7 Å². The third-order valence-corrected chi connectivity index (χ3v) is 6.73. The number of carbonyl (C=O) groups excluding carboxylic acids is 1. The van der Waals surface area contributed by atoms with E-state index in [9.17, 15) is 9.59 Å². The number of aliphatic carboxylic acids is 1. The van der Waals surface area contributed by atoms with Gasteiger partial charge in [0.25, 0.3) is 0 Å². The van der Waals surface area contributed by atoms with Crippen LogP contribution >= 0.6 is 11.6 Å². The highest BCUT2D eigenvalue weighted by atomic mass is 35.5. The van der Waals surface area contributed by atoms with E-state index in [1.807, 2.05) is 41.3 Å². The van der Waals surface area contributed by atoms with Crippen molar-refractivity contribution in [3.8, 4) is 5.75 Å². The van der Waals surface area contributed by atoms with Crippen molar-refractivity contribution in [1.29, 1.82) is 0 Å². The molecule has 0 fully saturated rings. The van der Waals surface area contributed by atoms with E-state index >= 15 is 0 Å². The van der Waals surface area contributed by atoms with Gasteiger partial charge in [0, 0.05) is 47.2 Å². The Hall–Kier alpha value is -3.77. The molecule has 4 aromatic rings. The molecule has 1 amide bonds. The van der Waals surface area contributed by atoms with Gasteiger partial charge in [0.2, 0.25) is 5.91 Å². The van der Waals surface area contributed by atoms with Crippen LogP contribution in [0.15, 0.2) is 72.9 Å². The van der Waals surface area contributed by atoms with Gasteiger partial charge < -0.3 is 19.3 Å². The van der Waals surface area contributed by atoms with Gasteiger partial charge >= 0.3 is 5.97 Å². The number of aromatic nitrogens is 1. The number of amides is 1. The number of benzene rings is 3. The van der Waals surface area contributed by atoms with Gasteiger partial charge in [0.05, 0.1) is 6.04 Å². The molecule has 2 heterocycles. The van der Waals surface area contributed by atoms with Gasteiger partial charge in [-0.2, -0.15) is 0 Å². The Morgan fingerprint density at radius 2 is 1.83 bits per heavy atom. The minimum Gasteiger partial charge on any atom is -0.482 e. The van der Waals surface area contributed by atoms with E-state index in [2.05, 4.69) is 29.8 Å². The number of hydrogen-bond acceptors (Lipinski definition) is 3. The smallest absolute Gasteiger partial charge is 0.341 e. The van der Waals surface area contributed by atoms with Crippen LogP contribution in [0.5, 0.6) is 5.75 Å². The molecule has 5 rings (SSSR count). The minimum absolute atomic E-state index is 0.00537. The topological polar surface area (TPSA) is 71.8 Å². The third kappa shape index (κ3) is 4.49. The number of fused-ring (bicyclic) bond motifs is 2. The van der Waals surface area contributed by atoms with Gasteiger partial charge in [-0.25, -0.2) is 4.79 Å². The standard InChI is InChI=1S/C28H25ClN2O4/c1-18-15-30(24-9-5-4-7-21(18)24)13-12-26(32)31-16-19-6-2-3-8-22(19)28(31)23-14-20(29)10-11-25(23)35-17-27(33)34/h2-11,14-15,28H,12-13,16-17H2,1H3,(H,33,34). The molecule has 0 bridgehead atoms. The second-order valence-electron chi connectivity index (χ2n) is 8.76. The fraction of sp³-hybridized carbons (Fsp3) is 0.214. The zero-order valence-electron chi connectivity index (χ0n) is 19.3. The first-order valence-corrected chi connectivity index (χ1v) is 11.9. The number of carboxylic acid groups (broad SMARTS) is 1. The van der Waals surface area contributed by atoms with E-state index in [4.69, 9.17) is 21.4 Å². The molecular formula is C28H25ClN2O4. The summed E-state index contributed by atoms with van der Waals surface area (Å²) in [7, 11) is 0. The van der Waals surface area contributed by atoms with E-state index in [1.165, 1.54) is 10.9 Å². The molecule has 1 aliphatic heterocycles. The quantitative estimate of drug-likeness (QED) is 0.368. The first kappa shape index (κ1) is 23.0. The minimum atomic E-state index is -1.07. The number of carboxylic acids is 1. The summed E-state index contributed by atoms with van der Waals surface area (Å²) in [5.74, 6) is -0.658. The van der Waals surface area contributed by atoms with E-state index in [0.29, 0.717) is 35.8 Å². The van der Waals surface area contributed by atoms with Crippen molar-refractivity contribution < 1.29 is 19.4 Å².